The van der Waals surface area contributed by atoms with Gasteiger partial charge in [-0.05, 0) is 41.5 Å². The summed E-state index contributed by atoms with van der Waals surface area (Å²) in [7, 11) is 0. The van der Waals surface area contributed by atoms with E-state index in [1.54, 1.807) is 6.07 Å². The number of nitrogen functional groups attached to an aromatic ring is 1. The fourth-order valence-corrected chi connectivity index (χ4v) is 2.91. The van der Waals surface area contributed by atoms with Crippen LogP contribution in [-0.2, 0) is 11.2 Å². The lowest BCUT2D eigenvalue weighted by atomic mass is 10.0. The Balaban J connectivity index is 1.87. The van der Waals surface area contributed by atoms with Crippen LogP contribution in [0.25, 0.3) is 0 Å². The van der Waals surface area contributed by atoms with Crippen molar-refractivity contribution in [1.29, 1.82) is 0 Å². The Hall–Kier alpha value is -2.34. The second-order valence-corrected chi connectivity index (χ2v) is 6.90. The van der Waals surface area contributed by atoms with Gasteiger partial charge in [0.2, 0.25) is 5.91 Å². The van der Waals surface area contributed by atoms with Crippen LogP contribution in [0.4, 0.5) is 5.69 Å². The Labute approximate surface area is 146 Å². The van der Waals surface area contributed by atoms with Gasteiger partial charge in [-0.3, -0.25) is 9.59 Å². The van der Waals surface area contributed by atoms with Gasteiger partial charge in [-0.25, -0.2) is 0 Å². The lowest BCUT2D eigenvalue weighted by molar-refractivity contribution is -0.123. The highest BCUT2D eigenvalue weighted by Crippen LogP contribution is 2.10. The SMILES string of the molecule is CC(C)C(NC(=O)c1cccs1)C(=O)NCCc1ccc(N)cc1. The number of hydrogen-bond donors (Lipinski definition) is 3. The van der Waals surface area contributed by atoms with E-state index in [1.807, 2.05) is 49.6 Å². The molecule has 0 aliphatic heterocycles. The Morgan fingerprint density at radius 1 is 1.17 bits per heavy atom. The Morgan fingerprint density at radius 3 is 2.46 bits per heavy atom. The molecule has 0 aliphatic carbocycles. The third-order valence-corrected chi connectivity index (χ3v) is 4.54. The molecule has 0 bridgehead atoms. The van der Waals surface area contributed by atoms with Gasteiger partial charge in [0.1, 0.15) is 6.04 Å². The van der Waals surface area contributed by atoms with Crippen molar-refractivity contribution in [3.63, 3.8) is 0 Å². The van der Waals surface area contributed by atoms with Crippen molar-refractivity contribution in [1.82, 2.24) is 10.6 Å². The molecule has 4 N–H and O–H groups in total. The van der Waals surface area contributed by atoms with Gasteiger partial charge in [0.15, 0.2) is 0 Å². The molecular weight excluding hydrogens is 322 g/mol. The molecule has 1 unspecified atom stereocenters. The lowest BCUT2D eigenvalue weighted by Crippen LogP contribution is -2.49. The first-order chi connectivity index (χ1) is 11.5. The average molecular weight is 345 g/mol. The largest absolute Gasteiger partial charge is 0.399 e. The number of thiophene rings is 1. The zero-order chi connectivity index (χ0) is 17.5. The third kappa shape index (κ3) is 5.09. The van der Waals surface area contributed by atoms with Crippen molar-refractivity contribution in [2.24, 2.45) is 5.92 Å². The maximum atomic E-state index is 12.4. The molecule has 1 heterocycles. The zero-order valence-electron chi connectivity index (χ0n) is 13.9. The van der Waals surface area contributed by atoms with Crippen LogP contribution in [0.15, 0.2) is 41.8 Å². The molecule has 128 valence electrons. The number of benzene rings is 1. The van der Waals surface area contributed by atoms with Gasteiger partial charge < -0.3 is 16.4 Å². The summed E-state index contributed by atoms with van der Waals surface area (Å²) in [6.07, 6.45) is 0.718. The van der Waals surface area contributed by atoms with Crippen molar-refractivity contribution in [3.05, 3.63) is 52.2 Å². The van der Waals surface area contributed by atoms with Crippen molar-refractivity contribution < 1.29 is 9.59 Å². The van der Waals surface area contributed by atoms with E-state index in [0.717, 1.165) is 17.7 Å². The van der Waals surface area contributed by atoms with E-state index in [4.69, 9.17) is 5.73 Å². The Bertz CT molecular complexity index is 666. The molecule has 2 rings (SSSR count). The van der Waals surface area contributed by atoms with Gasteiger partial charge in [-0.2, -0.15) is 0 Å². The number of amides is 2. The summed E-state index contributed by atoms with van der Waals surface area (Å²) in [6, 6.07) is 10.6. The van der Waals surface area contributed by atoms with Crippen LogP contribution < -0.4 is 16.4 Å². The second-order valence-electron chi connectivity index (χ2n) is 5.96. The van der Waals surface area contributed by atoms with E-state index < -0.39 is 6.04 Å². The number of nitrogens with one attached hydrogen (secondary N) is 2. The van der Waals surface area contributed by atoms with Gasteiger partial charge in [-0.1, -0.05) is 32.0 Å². The minimum absolute atomic E-state index is 0.00503. The first kappa shape index (κ1) is 18.0. The maximum Gasteiger partial charge on any atom is 0.262 e. The molecule has 0 saturated carbocycles. The molecule has 0 radical (unpaired) electrons. The van der Waals surface area contributed by atoms with Crippen molar-refractivity contribution in [3.8, 4) is 0 Å². The van der Waals surface area contributed by atoms with Crippen LogP contribution in [0, 0.1) is 5.92 Å². The molecule has 1 aromatic heterocycles. The summed E-state index contributed by atoms with van der Waals surface area (Å²) in [5, 5.41) is 7.55. The monoisotopic (exact) mass is 345 g/mol. The zero-order valence-corrected chi connectivity index (χ0v) is 14.7. The Morgan fingerprint density at radius 2 is 1.88 bits per heavy atom. The maximum absolute atomic E-state index is 12.4. The highest BCUT2D eigenvalue weighted by molar-refractivity contribution is 7.12. The average Bonchev–Trinajstić information content (AvgIpc) is 3.08. The van der Waals surface area contributed by atoms with Crippen LogP contribution in [0.3, 0.4) is 0 Å². The fraction of sp³-hybridized carbons (Fsp3) is 0.333. The van der Waals surface area contributed by atoms with Crippen LogP contribution in [0.5, 0.6) is 0 Å². The van der Waals surface area contributed by atoms with E-state index in [-0.39, 0.29) is 17.7 Å². The van der Waals surface area contributed by atoms with Crippen molar-refractivity contribution in [2.75, 3.05) is 12.3 Å². The van der Waals surface area contributed by atoms with E-state index in [9.17, 15) is 9.59 Å². The highest BCUT2D eigenvalue weighted by atomic mass is 32.1. The summed E-state index contributed by atoms with van der Waals surface area (Å²) in [6.45, 7) is 4.35. The lowest BCUT2D eigenvalue weighted by Gasteiger charge is -2.21. The molecule has 0 aliphatic rings. The van der Waals surface area contributed by atoms with Gasteiger partial charge in [0, 0.05) is 12.2 Å². The fourth-order valence-electron chi connectivity index (χ4n) is 2.28. The third-order valence-electron chi connectivity index (χ3n) is 3.67. The van der Waals surface area contributed by atoms with Gasteiger partial charge in [-0.15, -0.1) is 11.3 Å². The highest BCUT2D eigenvalue weighted by Gasteiger charge is 2.24. The van der Waals surface area contributed by atoms with Crippen molar-refractivity contribution in [2.45, 2.75) is 26.3 Å². The molecule has 1 atom stereocenters. The molecular formula is C18H23N3O2S. The smallest absolute Gasteiger partial charge is 0.262 e. The minimum Gasteiger partial charge on any atom is -0.399 e. The number of carbonyl (C=O) groups is 2. The number of rotatable bonds is 7. The van der Waals surface area contributed by atoms with Crippen LogP contribution in [-0.4, -0.2) is 24.4 Å². The standard InChI is InChI=1S/C18H23N3O2S/c1-12(2)16(21-17(22)15-4-3-11-24-15)18(23)20-10-9-13-5-7-14(19)8-6-13/h3-8,11-12,16H,9-10,19H2,1-2H3,(H,20,23)(H,21,22). The summed E-state index contributed by atoms with van der Waals surface area (Å²) in [4.78, 5) is 25.2. The number of nitrogens with two attached hydrogens (primary N) is 1. The topological polar surface area (TPSA) is 84.2 Å². The molecule has 0 saturated heterocycles. The molecule has 1 aromatic carbocycles. The summed E-state index contributed by atoms with van der Waals surface area (Å²) < 4.78 is 0. The molecule has 5 nitrogen and oxygen atoms in total. The number of hydrogen-bond acceptors (Lipinski definition) is 4. The molecule has 2 amide bonds. The predicted molar refractivity (Wildman–Crippen MR) is 98.0 cm³/mol. The van der Waals surface area contributed by atoms with E-state index >= 15 is 0 Å². The summed E-state index contributed by atoms with van der Waals surface area (Å²) >= 11 is 1.36. The predicted octanol–water partition coefficient (Wildman–Crippen LogP) is 2.44. The normalized spacial score (nSPS) is 12.0. The molecule has 0 spiro atoms. The van der Waals surface area contributed by atoms with Crippen LogP contribution in [0.2, 0.25) is 0 Å². The minimum atomic E-state index is -0.550. The first-order valence-corrected chi connectivity index (χ1v) is 8.82. The molecule has 6 heteroatoms. The number of anilines is 1. The first-order valence-electron chi connectivity index (χ1n) is 7.94. The number of carbonyl (C=O) groups excluding carboxylic acids is 2. The molecule has 0 fully saturated rings. The van der Waals surface area contributed by atoms with Gasteiger partial charge in [0.05, 0.1) is 4.88 Å². The summed E-state index contributed by atoms with van der Waals surface area (Å²) in [5.74, 6) is -0.367. The van der Waals surface area contributed by atoms with Gasteiger partial charge >= 0.3 is 0 Å². The molecule has 24 heavy (non-hydrogen) atoms. The van der Waals surface area contributed by atoms with Crippen LogP contribution >= 0.6 is 11.3 Å². The van der Waals surface area contributed by atoms with E-state index in [1.165, 1.54) is 11.3 Å². The van der Waals surface area contributed by atoms with Gasteiger partial charge in [0.25, 0.3) is 5.91 Å². The van der Waals surface area contributed by atoms with E-state index in [2.05, 4.69) is 10.6 Å². The van der Waals surface area contributed by atoms with E-state index in [0.29, 0.717) is 11.4 Å². The summed E-state index contributed by atoms with van der Waals surface area (Å²) in [5.41, 5.74) is 7.48. The molecule has 2 aromatic rings. The van der Waals surface area contributed by atoms with Crippen molar-refractivity contribution >= 4 is 28.8 Å². The van der Waals surface area contributed by atoms with Crippen LogP contribution in [0.1, 0.15) is 29.1 Å². The quantitative estimate of drug-likeness (QED) is 0.674. The second kappa shape index (κ2) is 8.49. The Kier molecular flexibility index (Phi) is 6.37.